The average molecular weight is 307 g/mol. The molecule has 0 saturated heterocycles. The van der Waals surface area contributed by atoms with Crippen LogP contribution in [0.2, 0.25) is 0 Å². The Morgan fingerprint density at radius 1 is 1.30 bits per heavy atom. The average Bonchev–Trinajstić information content (AvgIpc) is 2.34. The summed E-state index contributed by atoms with van der Waals surface area (Å²) in [6.07, 6.45) is 3.50. The molecule has 0 aromatic rings. The van der Waals surface area contributed by atoms with E-state index in [0.29, 0.717) is 17.2 Å². The highest BCUT2D eigenvalue weighted by Gasteiger charge is 2.28. The van der Waals surface area contributed by atoms with Crippen molar-refractivity contribution in [3.05, 3.63) is 29.2 Å². The summed E-state index contributed by atoms with van der Waals surface area (Å²) in [5.74, 6) is 1.26. The number of hydrogen-bond donors (Lipinski definition) is 2. The maximum atomic E-state index is 8.78. The third kappa shape index (κ3) is 6.45. The molecule has 1 atom stereocenters. The van der Waals surface area contributed by atoms with E-state index in [0.717, 1.165) is 0 Å². The minimum absolute atomic E-state index is 0.00421. The van der Waals surface area contributed by atoms with Crippen LogP contribution < -0.4 is 0 Å². The molecule has 20 heavy (non-hydrogen) atoms. The zero-order valence-corrected chi connectivity index (χ0v) is 12.3. The summed E-state index contributed by atoms with van der Waals surface area (Å²) in [5, 5.41) is 0. The molecule has 2 N–H and O–H groups in total. The Morgan fingerprint density at radius 3 is 2.10 bits per heavy atom. The predicted octanol–water partition coefficient (Wildman–Crippen LogP) is 0.00880. The highest BCUT2D eigenvalue weighted by Crippen LogP contribution is 2.19. The van der Waals surface area contributed by atoms with Crippen LogP contribution in [0.25, 0.3) is 5.53 Å². The Labute approximate surface area is 117 Å². The van der Waals surface area contributed by atoms with Gasteiger partial charge in [0.2, 0.25) is 5.76 Å². The number of likely N-dealkylation sites (N-methyl/N-ethyl adjacent to an activating group) is 1. The molecule has 0 bridgehead atoms. The lowest BCUT2D eigenvalue weighted by Crippen LogP contribution is -2.32. The second-order valence-electron chi connectivity index (χ2n) is 3.83. The Kier molecular flexibility index (Phi) is 7.11. The third-order valence-corrected chi connectivity index (χ3v) is 2.25. The topological polar surface area (TPSA) is 133 Å². The van der Waals surface area contributed by atoms with Crippen molar-refractivity contribution in [1.82, 2.24) is 4.90 Å². The minimum Gasteiger partial charge on any atom is -0.499 e. The van der Waals surface area contributed by atoms with Crippen LogP contribution in [-0.4, -0.2) is 67.3 Å². The summed E-state index contributed by atoms with van der Waals surface area (Å²) in [6.45, 7) is 0. The maximum Gasteiger partial charge on any atom is 0.394 e. The van der Waals surface area contributed by atoms with E-state index in [1.165, 1.54) is 7.11 Å². The summed E-state index contributed by atoms with van der Waals surface area (Å²) in [7, 11) is 2.32. The molecule has 1 rings (SSSR count). The van der Waals surface area contributed by atoms with Crippen LogP contribution in [0.3, 0.4) is 0 Å². The van der Waals surface area contributed by atoms with E-state index >= 15 is 0 Å². The van der Waals surface area contributed by atoms with Crippen molar-refractivity contribution >= 4 is 16.1 Å². The van der Waals surface area contributed by atoms with Gasteiger partial charge in [-0.2, -0.15) is 13.2 Å². The number of methoxy groups -OCH3 is 2. The molecule has 0 heterocycles. The first-order chi connectivity index (χ1) is 9.13. The van der Waals surface area contributed by atoms with Crippen molar-refractivity contribution in [1.29, 1.82) is 0 Å². The molecule has 0 aromatic heterocycles. The second-order valence-corrected chi connectivity index (χ2v) is 4.72. The highest BCUT2D eigenvalue weighted by atomic mass is 32.3. The molecule has 0 amide bonds. The van der Waals surface area contributed by atoms with Gasteiger partial charge in [-0.15, -0.1) is 0 Å². The molecule has 0 fully saturated rings. The summed E-state index contributed by atoms with van der Waals surface area (Å²) in [6, 6.07) is -0.00421. The molecule has 10 heteroatoms. The van der Waals surface area contributed by atoms with E-state index in [1.807, 2.05) is 25.1 Å². The van der Waals surface area contributed by atoms with Gasteiger partial charge in [-0.1, -0.05) is 0 Å². The first-order valence-corrected chi connectivity index (χ1v) is 6.63. The summed E-state index contributed by atoms with van der Waals surface area (Å²) in [5.41, 5.74) is 9.15. The predicted molar refractivity (Wildman–Crippen MR) is 70.5 cm³/mol. The van der Waals surface area contributed by atoms with Crippen LogP contribution in [-0.2, 0) is 19.9 Å². The van der Waals surface area contributed by atoms with Crippen LogP contribution in [0.4, 0.5) is 0 Å². The molecule has 0 radical (unpaired) electrons. The monoisotopic (exact) mass is 307 g/mol. The first kappa shape index (κ1) is 18.3. The molecule has 0 aliphatic heterocycles. The molecular weight excluding hydrogens is 290 g/mol. The number of hydrogen-bond acceptors (Lipinski definition) is 5. The molecule has 0 spiro atoms. The third-order valence-electron chi connectivity index (χ3n) is 2.25. The lowest BCUT2D eigenvalue weighted by Gasteiger charge is -2.25. The second kappa shape index (κ2) is 7.78. The van der Waals surface area contributed by atoms with Gasteiger partial charge >= 0.3 is 16.1 Å². The van der Waals surface area contributed by atoms with E-state index in [2.05, 4.69) is 4.79 Å². The fourth-order valence-corrected chi connectivity index (χ4v) is 1.44. The molecule has 1 aliphatic carbocycles. The van der Waals surface area contributed by atoms with Crippen LogP contribution in [0.5, 0.6) is 0 Å². The zero-order valence-electron chi connectivity index (χ0n) is 11.5. The van der Waals surface area contributed by atoms with Gasteiger partial charge in [0.05, 0.1) is 26.3 Å². The molecule has 1 aliphatic rings. The van der Waals surface area contributed by atoms with Crippen LogP contribution in [0.15, 0.2) is 23.7 Å². The molecule has 9 nitrogen and oxygen atoms in total. The summed E-state index contributed by atoms with van der Waals surface area (Å²) < 4.78 is 41.9. The number of rotatable bonds is 3. The zero-order chi connectivity index (χ0) is 15.9. The van der Waals surface area contributed by atoms with Gasteiger partial charge in [0.1, 0.15) is 5.76 Å². The van der Waals surface area contributed by atoms with Crippen molar-refractivity contribution in [2.75, 3.05) is 28.3 Å². The normalized spacial score (nSPS) is 18.4. The Balaban J connectivity index is 0.000000621. The standard InChI is InChI=1S/C10H15N3O2.H2O4S/c1-13(2)8-6-9(14-3)7(12-11)5-10(8)15-4;1-5(2,3)4/h5-6,8H,1-4H3;(H2,1,2,3,4). The number of nitrogens with zero attached hydrogens (tertiary/aromatic N) is 3. The quantitative estimate of drug-likeness (QED) is 0.426. The molecule has 114 valence electrons. The molecule has 0 saturated carbocycles. The molecule has 0 aromatic carbocycles. The van der Waals surface area contributed by atoms with Gasteiger partial charge in [0.15, 0.2) is 0 Å². The highest BCUT2D eigenvalue weighted by molar-refractivity contribution is 7.79. The van der Waals surface area contributed by atoms with Gasteiger partial charge in [-0.05, 0) is 20.2 Å². The summed E-state index contributed by atoms with van der Waals surface area (Å²) in [4.78, 5) is 5.11. The minimum atomic E-state index is -4.67. The SMILES string of the molecule is COC1=CC(N(C)C)C(OC)=CC1=[N+]=[N-].O=S(=O)(O)O. The van der Waals surface area contributed by atoms with Crippen molar-refractivity contribution in [3.63, 3.8) is 0 Å². The number of allylic oxidation sites excluding steroid dienone is 1. The Hall–Kier alpha value is -1.71. The fourth-order valence-electron chi connectivity index (χ4n) is 1.44. The smallest absolute Gasteiger partial charge is 0.394 e. The van der Waals surface area contributed by atoms with E-state index in [1.54, 1.807) is 13.2 Å². The van der Waals surface area contributed by atoms with E-state index in [9.17, 15) is 0 Å². The summed E-state index contributed by atoms with van der Waals surface area (Å²) >= 11 is 0. The van der Waals surface area contributed by atoms with Crippen molar-refractivity contribution in [3.8, 4) is 0 Å². The lowest BCUT2D eigenvalue weighted by atomic mass is 10.0. The maximum absolute atomic E-state index is 8.78. The first-order valence-electron chi connectivity index (χ1n) is 5.24. The van der Waals surface area contributed by atoms with Gasteiger partial charge in [-0.25, -0.2) is 0 Å². The van der Waals surface area contributed by atoms with Crippen molar-refractivity contribution < 1.29 is 31.8 Å². The van der Waals surface area contributed by atoms with E-state index in [4.69, 9.17) is 32.5 Å². The van der Waals surface area contributed by atoms with E-state index < -0.39 is 10.4 Å². The number of ether oxygens (including phenoxy) is 2. The largest absolute Gasteiger partial charge is 0.499 e. The van der Waals surface area contributed by atoms with Crippen LogP contribution in [0, 0.1) is 0 Å². The lowest BCUT2D eigenvalue weighted by molar-refractivity contribution is -0.00767. The van der Waals surface area contributed by atoms with Crippen molar-refractivity contribution in [2.45, 2.75) is 6.04 Å². The van der Waals surface area contributed by atoms with Gasteiger partial charge in [-0.3, -0.25) is 14.0 Å². The van der Waals surface area contributed by atoms with Gasteiger partial charge in [0, 0.05) is 0 Å². The van der Waals surface area contributed by atoms with Gasteiger partial charge in [0.25, 0.3) is 0 Å². The Bertz CT molecular complexity index is 537. The Morgan fingerprint density at radius 2 is 1.80 bits per heavy atom. The van der Waals surface area contributed by atoms with Crippen molar-refractivity contribution in [2.24, 2.45) is 0 Å². The molecular formula is C10H17N3O6S. The van der Waals surface area contributed by atoms with Crippen LogP contribution >= 0.6 is 0 Å². The molecule has 1 unspecified atom stereocenters. The van der Waals surface area contributed by atoms with E-state index in [-0.39, 0.29) is 6.04 Å². The van der Waals surface area contributed by atoms with Crippen LogP contribution in [0.1, 0.15) is 0 Å². The fraction of sp³-hybridized carbons (Fsp3) is 0.500. The van der Waals surface area contributed by atoms with Gasteiger partial charge < -0.3 is 15.0 Å².